The number of benzene rings is 2. The fraction of sp³-hybridized carbons (Fsp3) is 0.391. The smallest absolute Gasteiger partial charge is 0.120 e. The fourth-order valence-electron chi connectivity index (χ4n) is 4.16. The van der Waals surface area contributed by atoms with Crippen LogP contribution < -0.4 is 0 Å². The molecule has 0 aliphatic rings. The van der Waals surface area contributed by atoms with Gasteiger partial charge in [-0.25, -0.2) is 0 Å². The van der Waals surface area contributed by atoms with Crippen molar-refractivity contribution >= 4 is 12.6 Å². The molecule has 0 spiro atoms. The summed E-state index contributed by atoms with van der Waals surface area (Å²) in [5.41, 5.74) is 2.46. The predicted octanol–water partition coefficient (Wildman–Crippen LogP) is 5.35. The highest BCUT2D eigenvalue weighted by Gasteiger charge is 2.39. The summed E-state index contributed by atoms with van der Waals surface area (Å²) in [6.07, 6.45) is 6.79. The molecule has 2 rings (SSSR count). The molecular weight excluding hydrogens is 308 g/mol. The van der Waals surface area contributed by atoms with E-state index in [2.05, 4.69) is 55.5 Å². The third kappa shape index (κ3) is 4.45. The van der Waals surface area contributed by atoms with E-state index in [0.717, 1.165) is 38.3 Å². The number of carbonyl (C=O) groups excluding carboxylic acids is 2. The van der Waals surface area contributed by atoms with E-state index in [-0.39, 0.29) is 5.41 Å². The Balaban J connectivity index is 2.53. The zero-order valence-corrected chi connectivity index (χ0v) is 15.1. The SMILES string of the molecule is CCC(c1ccccc1)(c1ccccc1)C(CCC=O)CCCC=O. The van der Waals surface area contributed by atoms with Crippen LogP contribution in [0.2, 0.25) is 0 Å². The highest BCUT2D eigenvalue weighted by molar-refractivity contribution is 5.50. The third-order valence-corrected chi connectivity index (χ3v) is 5.34. The summed E-state index contributed by atoms with van der Waals surface area (Å²) in [6, 6.07) is 21.2. The maximum absolute atomic E-state index is 11.1. The van der Waals surface area contributed by atoms with E-state index in [1.165, 1.54) is 11.1 Å². The average Bonchev–Trinajstić information content (AvgIpc) is 2.68. The Morgan fingerprint density at radius 1 is 0.800 bits per heavy atom. The molecule has 132 valence electrons. The van der Waals surface area contributed by atoms with Gasteiger partial charge >= 0.3 is 0 Å². The van der Waals surface area contributed by atoms with Crippen LogP contribution >= 0.6 is 0 Å². The minimum Gasteiger partial charge on any atom is -0.303 e. The molecule has 0 heterocycles. The van der Waals surface area contributed by atoms with Gasteiger partial charge in [0.2, 0.25) is 0 Å². The van der Waals surface area contributed by atoms with Gasteiger partial charge in [0.05, 0.1) is 0 Å². The molecule has 0 radical (unpaired) electrons. The second kappa shape index (κ2) is 9.93. The molecule has 0 aliphatic heterocycles. The lowest BCUT2D eigenvalue weighted by molar-refractivity contribution is -0.109. The van der Waals surface area contributed by atoms with E-state index in [9.17, 15) is 9.59 Å². The van der Waals surface area contributed by atoms with Crippen LogP contribution in [0.3, 0.4) is 0 Å². The molecule has 2 aromatic carbocycles. The van der Waals surface area contributed by atoms with Crippen molar-refractivity contribution in [3.63, 3.8) is 0 Å². The lowest BCUT2D eigenvalue weighted by Gasteiger charge is -2.42. The Morgan fingerprint density at radius 3 is 1.76 bits per heavy atom. The van der Waals surface area contributed by atoms with Gasteiger partial charge in [0.1, 0.15) is 12.6 Å². The van der Waals surface area contributed by atoms with Crippen molar-refractivity contribution in [3.05, 3.63) is 71.8 Å². The number of aldehydes is 2. The maximum Gasteiger partial charge on any atom is 0.120 e. The van der Waals surface area contributed by atoms with Crippen LogP contribution in [0.1, 0.15) is 56.6 Å². The number of carbonyl (C=O) groups is 2. The topological polar surface area (TPSA) is 34.1 Å². The van der Waals surface area contributed by atoms with E-state index in [4.69, 9.17) is 0 Å². The molecule has 1 atom stereocenters. The van der Waals surface area contributed by atoms with Gasteiger partial charge in [-0.1, -0.05) is 67.6 Å². The van der Waals surface area contributed by atoms with Crippen molar-refractivity contribution in [1.29, 1.82) is 0 Å². The van der Waals surface area contributed by atoms with Crippen LogP contribution in [0.5, 0.6) is 0 Å². The van der Waals surface area contributed by atoms with Gasteiger partial charge in [-0.05, 0) is 42.7 Å². The van der Waals surface area contributed by atoms with Gasteiger partial charge in [-0.2, -0.15) is 0 Å². The number of rotatable bonds is 11. The molecule has 1 unspecified atom stereocenters. The molecule has 0 fully saturated rings. The largest absolute Gasteiger partial charge is 0.303 e. The molecule has 0 bridgehead atoms. The minimum absolute atomic E-state index is 0.131. The Bertz CT molecular complexity index is 594. The molecule has 0 saturated carbocycles. The Hall–Kier alpha value is -2.22. The molecule has 0 amide bonds. The first-order chi connectivity index (χ1) is 12.3. The van der Waals surface area contributed by atoms with Crippen molar-refractivity contribution in [2.45, 2.75) is 50.9 Å². The van der Waals surface area contributed by atoms with Crippen LogP contribution in [-0.4, -0.2) is 12.6 Å². The number of hydrogen-bond donors (Lipinski definition) is 0. The molecule has 0 saturated heterocycles. The number of unbranched alkanes of at least 4 members (excludes halogenated alkanes) is 1. The quantitative estimate of drug-likeness (QED) is 0.409. The summed E-state index contributed by atoms with van der Waals surface area (Å²) in [5.74, 6) is 0.326. The van der Waals surface area contributed by atoms with Gasteiger partial charge in [0, 0.05) is 18.3 Å². The highest BCUT2D eigenvalue weighted by Crippen LogP contribution is 2.46. The van der Waals surface area contributed by atoms with Gasteiger partial charge in [-0.3, -0.25) is 0 Å². The maximum atomic E-state index is 11.1. The summed E-state index contributed by atoms with van der Waals surface area (Å²) in [4.78, 5) is 21.9. The van der Waals surface area contributed by atoms with E-state index in [1.807, 2.05) is 12.1 Å². The normalized spacial score (nSPS) is 12.5. The van der Waals surface area contributed by atoms with E-state index < -0.39 is 0 Å². The zero-order chi connectivity index (χ0) is 18.0. The second-order valence-electron chi connectivity index (χ2n) is 6.60. The molecule has 0 N–H and O–H groups in total. The lowest BCUT2D eigenvalue weighted by atomic mass is 9.61. The Labute approximate surface area is 151 Å². The first-order valence-electron chi connectivity index (χ1n) is 9.28. The predicted molar refractivity (Wildman–Crippen MR) is 103 cm³/mol. The second-order valence-corrected chi connectivity index (χ2v) is 6.60. The van der Waals surface area contributed by atoms with Crippen LogP contribution in [-0.2, 0) is 15.0 Å². The molecule has 0 aromatic heterocycles. The summed E-state index contributed by atoms with van der Waals surface area (Å²) >= 11 is 0. The van der Waals surface area contributed by atoms with Crippen LogP contribution in [0.25, 0.3) is 0 Å². The Morgan fingerprint density at radius 2 is 1.32 bits per heavy atom. The molecule has 0 aliphatic carbocycles. The van der Waals surface area contributed by atoms with E-state index >= 15 is 0 Å². The lowest BCUT2D eigenvalue weighted by Crippen LogP contribution is -2.36. The van der Waals surface area contributed by atoms with E-state index in [0.29, 0.717) is 18.8 Å². The summed E-state index contributed by atoms with van der Waals surface area (Å²) < 4.78 is 0. The van der Waals surface area contributed by atoms with Crippen molar-refractivity contribution in [1.82, 2.24) is 0 Å². The van der Waals surface area contributed by atoms with Crippen LogP contribution in [0.4, 0.5) is 0 Å². The zero-order valence-electron chi connectivity index (χ0n) is 15.1. The first kappa shape index (κ1) is 19.1. The van der Waals surface area contributed by atoms with Gasteiger partial charge in [0.25, 0.3) is 0 Å². The van der Waals surface area contributed by atoms with Crippen molar-refractivity contribution in [2.24, 2.45) is 5.92 Å². The monoisotopic (exact) mass is 336 g/mol. The highest BCUT2D eigenvalue weighted by atomic mass is 16.1. The third-order valence-electron chi connectivity index (χ3n) is 5.34. The standard InChI is InChI=1S/C23H28O2/c1-2-23(20-12-5-3-6-13-20,21-14-7-4-8-15-21)22(17-11-19-25)16-9-10-18-24/h3-8,12-15,18-19,22H,2,9-11,16-17H2,1H3. The summed E-state index contributed by atoms with van der Waals surface area (Å²) in [6.45, 7) is 2.23. The van der Waals surface area contributed by atoms with Gasteiger partial charge < -0.3 is 9.59 Å². The van der Waals surface area contributed by atoms with Crippen molar-refractivity contribution < 1.29 is 9.59 Å². The van der Waals surface area contributed by atoms with Crippen LogP contribution in [0, 0.1) is 5.92 Å². The molecule has 2 heteroatoms. The summed E-state index contributed by atoms with van der Waals surface area (Å²) in [7, 11) is 0. The molecular formula is C23H28O2. The minimum atomic E-state index is -0.131. The number of hydrogen-bond acceptors (Lipinski definition) is 2. The average molecular weight is 336 g/mol. The van der Waals surface area contributed by atoms with Gasteiger partial charge in [0.15, 0.2) is 0 Å². The van der Waals surface area contributed by atoms with E-state index in [1.54, 1.807) is 0 Å². The summed E-state index contributed by atoms with van der Waals surface area (Å²) in [5, 5.41) is 0. The first-order valence-corrected chi connectivity index (χ1v) is 9.28. The molecule has 2 nitrogen and oxygen atoms in total. The molecule has 25 heavy (non-hydrogen) atoms. The van der Waals surface area contributed by atoms with Crippen LogP contribution in [0.15, 0.2) is 60.7 Å². The fourth-order valence-corrected chi connectivity index (χ4v) is 4.16. The van der Waals surface area contributed by atoms with Gasteiger partial charge in [-0.15, -0.1) is 0 Å². The van der Waals surface area contributed by atoms with Crippen molar-refractivity contribution in [3.8, 4) is 0 Å². The molecule has 2 aromatic rings. The Kier molecular flexibility index (Phi) is 7.59. The van der Waals surface area contributed by atoms with Crippen molar-refractivity contribution in [2.75, 3.05) is 0 Å².